The van der Waals surface area contributed by atoms with Crippen LogP contribution in [-0.4, -0.2) is 62.2 Å². The number of hydrogen-bond donors (Lipinski definition) is 1. The molecule has 7 heteroatoms. The number of nitrogens with zero attached hydrogens (tertiary/aromatic N) is 3. The van der Waals surface area contributed by atoms with Gasteiger partial charge in [0, 0.05) is 38.3 Å². The summed E-state index contributed by atoms with van der Waals surface area (Å²) in [5.41, 5.74) is 1.76. The topological polar surface area (TPSA) is 40.1 Å². The molecule has 1 saturated heterocycles. The minimum absolute atomic E-state index is 0. The van der Waals surface area contributed by atoms with Gasteiger partial charge in [-0.3, -0.25) is 0 Å². The van der Waals surface area contributed by atoms with E-state index in [1.54, 1.807) is 6.07 Å². The highest BCUT2D eigenvalue weighted by molar-refractivity contribution is 14.0. The number of likely N-dealkylation sites (tertiary alicyclic amines) is 1. The molecule has 0 unspecified atom stereocenters. The Hall–Kier alpha value is -0.930. The summed E-state index contributed by atoms with van der Waals surface area (Å²) in [7, 11) is 3.91. The summed E-state index contributed by atoms with van der Waals surface area (Å²) in [6, 6.07) is 5.33. The van der Waals surface area contributed by atoms with E-state index in [1.165, 1.54) is 25.7 Å². The number of halogens is 2. The number of nitrogens with one attached hydrogen (secondary N) is 1. The lowest BCUT2D eigenvalue weighted by atomic mass is 10.1. The van der Waals surface area contributed by atoms with Crippen LogP contribution in [-0.2, 0) is 17.8 Å². The van der Waals surface area contributed by atoms with Gasteiger partial charge in [0.25, 0.3) is 0 Å². The summed E-state index contributed by atoms with van der Waals surface area (Å²) in [5, 5.41) is 3.43. The highest BCUT2D eigenvalue weighted by atomic mass is 127. The first kappa shape index (κ1) is 26.3. The molecule has 3 rings (SSSR count). The third-order valence-corrected chi connectivity index (χ3v) is 6.13. The monoisotopic (exact) mass is 546 g/mol. The zero-order chi connectivity index (χ0) is 21.3. The van der Waals surface area contributed by atoms with Gasteiger partial charge in [-0.2, -0.15) is 0 Å². The third-order valence-electron chi connectivity index (χ3n) is 6.13. The van der Waals surface area contributed by atoms with Gasteiger partial charge in [-0.25, -0.2) is 9.38 Å². The normalized spacial score (nSPS) is 18.5. The maximum Gasteiger partial charge on any atom is 0.194 e. The summed E-state index contributed by atoms with van der Waals surface area (Å²) in [5.74, 6) is 1.59. The molecule has 1 aliphatic carbocycles. The molecule has 0 amide bonds. The molecule has 0 spiro atoms. The fourth-order valence-electron chi connectivity index (χ4n) is 4.46. The smallest absolute Gasteiger partial charge is 0.194 e. The molecule has 2 aliphatic rings. The quantitative estimate of drug-likeness (QED) is 0.293. The van der Waals surface area contributed by atoms with Crippen molar-refractivity contribution < 1.29 is 9.13 Å². The number of rotatable bonds is 8. The van der Waals surface area contributed by atoms with E-state index >= 15 is 0 Å². The minimum Gasteiger partial charge on any atom is -0.378 e. The van der Waals surface area contributed by atoms with Crippen molar-refractivity contribution in [2.24, 2.45) is 10.9 Å². The van der Waals surface area contributed by atoms with Crippen molar-refractivity contribution >= 4 is 29.9 Å². The minimum atomic E-state index is -0.150. The van der Waals surface area contributed by atoms with Crippen LogP contribution in [0.1, 0.15) is 56.6 Å². The third kappa shape index (κ3) is 8.50. The first-order valence-corrected chi connectivity index (χ1v) is 11.6. The summed E-state index contributed by atoms with van der Waals surface area (Å²) in [4.78, 5) is 9.16. The average Bonchev–Trinajstić information content (AvgIpc) is 3.25. The summed E-state index contributed by atoms with van der Waals surface area (Å²) >= 11 is 0. The van der Waals surface area contributed by atoms with E-state index in [1.807, 2.05) is 31.1 Å². The van der Waals surface area contributed by atoms with Gasteiger partial charge in [0.05, 0.1) is 12.6 Å². The van der Waals surface area contributed by atoms with Crippen molar-refractivity contribution in [3.8, 4) is 0 Å². The number of ether oxygens (including phenoxy) is 1. The van der Waals surface area contributed by atoms with E-state index in [0.29, 0.717) is 19.2 Å². The molecule has 1 N–H and O–H groups in total. The summed E-state index contributed by atoms with van der Waals surface area (Å²) in [6.07, 6.45) is 7.93. The van der Waals surface area contributed by atoms with Crippen LogP contribution >= 0.6 is 24.0 Å². The Bertz CT molecular complexity index is 686. The van der Waals surface area contributed by atoms with E-state index < -0.39 is 0 Å². The van der Waals surface area contributed by atoms with Crippen molar-refractivity contribution in [1.82, 2.24) is 15.1 Å². The molecule has 1 saturated carbocycles. The van der Waals surface area contributed by atoms with E-state index in [-0.39, 0.29) is 29.8 Å². The highest BCUT2D eigenvalue weighted by Gasteiger charge is 2.24. The lowest BCUT2D eigenvalue weighted by molar-refractivity contribution is 0.00101. The zero-order valence-corrected chi connectivity index (χ0v) is 21.7. The first-order chi connectivity index (χ1) is 14.5. The van der Waals surface area contributed by atoms with Crippen molar-refractivity contribution in [1.29, 1.82) is 0 Å². The predicted octanol–water partition coefficient (Wildman–Crippen LogP) is 4.64. The number of guanidine groups is 1. The Morgan fingerprint density at radius 3 is 2.55 bits per heavy atom. The van der Waals surface area contributed by atoms with Gasteiger partial charge in [-0.05, 0) is 70.3 Å². The largest absolute Gasteiger partial charge is 0.378 e. The maximum absolute atomic E-state index is 14.0. The number of benzene rings is 1. The molecular formula is C24H40FIN4O. The second-order valence-corrected chi connectivity index (χ2v) is 9.00. The molecule has 31 heavy (non-hydrogen) atoms. The zero-order valence-electron chi connectivity index (χ0n) is 19.4. The average molecular weight is 547 g/mol. The van der Waals surface area contributed by atoms with Crippen LogP contribution in [0.4, 0.5) is 4.39 Å². The first-order valence-electron chi connectivity index (χ1n) is 11.6. The lowest BCUT2D eigenvalue weighted by Gasteiger charge is -2.34. The summed E-state index contributed by atoms with van der Waals surface area (Å²) < 4.78 is 20.3. The van der Waals surface area contributed by atoms with E-state index in [2.05, 4.69) is 17.1 Å². The van der Waals surface area contributed by atoms with Crippen LogP contribution in [0.5, 0.6) is 0 Å². The molecular weight excluding hydrogens is 506 g/mol. The Balaban J connectivity index is 0.00000341. The lowest BCUT2D eigenvalue weighted by Crippen LogP contribution is -2.47. The van der Waals surface area contributed by atoms with Gasteiger partial charge in [-0.1, -0.05) is 18.9 Å². The Kier molecular flexibility index (Phi) is 11.5. The van der Waals surface area contributed by atoms with Crippen molar-refractivity contribution in [3.05, 3.63) is 35.1 Å². The van der Waals surface area contributed by atoms with Gasteiger partial charge in [0.15, 0.2) is 5.96 Å². The highest BCUT2D eigenvalue weighted by Crippen LogP contribution is 2.26. The molecule has 176 valence electrons. The van der Waals surface area contributed by atoms with Gasteiger partial charge < -0.3 is 19.9 Å². The molecule has 0 atom stereocenters. The van der Waals surface area contributed by atoms with Crippen LogP contribution in [0, 0.1) is 11.7 Å². The van der Waals surface area contributed by atoms with Crippen LogP contribution in [0.2, 0.25) is 0 Å². The molecule has 5 nitrogen and oxygen atoms in total. The van der Waals surface area contributed by atoms with Gasteiger partial charge in [-0.15, -0.1) is 24.0 Å². The fourth-order valence-corrected chi connectivity index (χ4v) is 4.46. The maximum atomic E-state index is 14.0. The fraction of sp³-hybridized carbons (Fsp3) is 0.708. The molecule has 1 aliphatic heterocycles. The molecule has 1 aromatic carbocycles. The van der Waals surface area contributed by atoms with Crippen molar-refractivity contribution in [2.75, 3.05) is 40.3 Å². The number of piperidine rings is 1. The van der Waals surface area contributed by atoms with Crippen LogP contribution in [0.15, 0.2) is 23.2 Å². The second-order valence-electron chi connectivity index (χ2n) is 9.00. The molecule has 0 radical (unpaired) electrons. The second kappa shape index (κ2) is 13.6. The summed E-state index contributed by atoms with van der Waals surface area (Å²) in [6.45, 7) is 6.97. The molecule has 1 heterocycles. The molecule has 1 aromatic rings. The van der Waals surface area contributed by atoms with Gasteiger partial charge >= 0.3 is 0 Å². The van der Waals surface area contributed by atoms with E-state index in [4.69, 9.17) is 9.73 Å². The Morgan fingerprint density at radius 1 is 1.19 bits per heavy atom. The van der Waals surface area contributed by atoms with E-state index in [0.717, 1.165) is 62.1 Å². The van der Waals surface area contributed by atoms with Gasteiger partial charge in [0.1, 0.15) is 5.82 Å². The Morgan fingerprint density at radius 2 is 1.90 bits per heavy atom. The van der Waals surface area contributed by atoms with E-state index in [9.17, 15) is 4.39 Å². The van der Waals surface area contributed by atoms with Crippen molar-refractivity contribution in [3.63, 3.8) is 0 Å². The molecule has 2 fully saturated rings. The predicted molar refractivity (Wildman–Crippen MR) is 137 cm³/mol. The molecule has 0 bridgehead atoms. The SMILES string of the molecule is CCNC(=NCc1ccc(F)c(CN(C)C)c1)N1CCC(OCC2CCCC2)CC1.I. The van der Waals surface area contributed by atoms with Crippen LogP contribution in [0.3, 0.4) is 0 Å². The van der Waals surface area contributed by atoms with Crippen molar-refractivity contribution in [2.45, 2.75) is 64.6 Å². The molecule has 0 aromatic heterocycles. The number of aliphatic imine (C=N–C) groups is 1. The van der Waals surface area contributed by atoms with Crippen LogP contribution < -0.4 is 5.32 Å². The number of hydrogen-bond acceptors (Lipinski definition) is 3. The Labute approximate surface area is 204 Å². The standard InChI is InChI=1S/C24H39FN4O.HI/c1-4-26-24(27-16-20-9-10-23(25)21(15-20)17-28(2)3)29-13-11-22(12-14-29)30-18-19-7-5-6-8-19;/h9-10,15,19,22H,4-8,11-14,16-18H2,1-3H3,(H,26,27);1H. The van der Waals surface area contributed by atoms with Crippen LogP contribution in [0.25, 0.3) is 0 Å². The van der Waals surface area contributed by atoms with Gasteiger partial charge in [0.2, 0.25) is 0 Å².